The minimum absolute atomic E-state index is 0.00397. The van der Waals surface area contributed by atoms with Crippen molar-refractivity contribution < 1.29 is 4.74 Å². The molecule has 0 bridgehead atoms. The first-order valence-electron chi connectivity index (χ1n) is 9.29. The second kappa shape index (κ2) is 7.93. The Morgan fingerprint density at radius 1 is 1.13 bits per heavy atom. The van der Waals surface area contributed by atoms with Crippen LogP contribution in [-0.2, 0) is 0 Å². The number of hydrogen-bond donors (Lipinski definition) is 4. The van der Waals surface area contributed by atoms with Crippen LogP contribution in [0.25, 0.3) is 11.1 Å². The van der Waals surface area contributed by atoms with Crippen LogP contribution in [0.3, 0.4) is 0 Å². The number of methoxy groups -OCH3 is 1. The monoisotopic (exact) mass is 410 g/mol. The van der Waals surface area contributed by atoms with Crippen LogP contribution in [0.5, 0.6) is 5.75 Å². The quantitative estimate of drug-likeness (QED) is 0.379. The molecule has 0 amide bonds. The van der Waals surface area contributed by atoms with Crippen LogP contribution in [0, 0.1) is 22.8 Å². The normalized spacial score (nSPS) is 14.3. The third-order valence-corrected chi connectivity index (χ3v) is 4.99. The number of nitriles is 2. The summed E-state index contributed by atoms with van der Waals surface area (Å²) in [6, 6.07) is 16.7. The van der Waals surface area contributed by atoms with Gasteiger partial charge in [0.05, 0.1) is 12.8 Å². The van der Waals surface area contributed by atoms with Crippen molar-refractivity contribution in [2.75, 3.05) is 23.9 Å². The van der Waals surface area contributed by atoms with Crippen LogP contribution in [-0.4, -0.2) is 18.1 Å². The number of anilines is 3. The Morgan fingerprint density at radius 2 is 1.94 bits per heavy atom. The van der Waals surface area contributed by atoms with Crippen LogP contribution in [0.15, 0.2) is 53.5 Å². The molecule has 0 spiro atoms. The number of nitrogen functional groups attached to an aromatic ring is 2. The number of nitrogens with zero attached hydrogens (tertiary/aromatic N) is 4. The van der Waals surface area contributed by atoms with Gasteiger partial charge < -0.3 is 21.5 Å². The van der Waals surface area contributed by atoms with Crippen molar-refractivity contribution in [3.05, 3.63) is 65.2 Å². The van der Waals surface area contributed by atoms with Gasteiger partial charge in [-0.15, -0.1) is 0 Å². The molecule has 4 rings (SSSR count). The Hall–Kier alpha value is -4.76. The molecule has 1 aromatic heterocycles. The fourth-order valence-corrected chi connectivity index (χ4v) is 3.59. The summed E-state index contributed by atoms with van der Waals surface area (Å²) in [7, 11) is 1.61. The molecule has 9 heteroatoms. The molecule has 2 aromatic carbocycles. The van der Waals surface area contributed by atoms with Gasteiger partial charge >= 0.3 is 0 Å². The molecule has 1 aliphatic rings. The van der Waals surface area contributed by atoms with E-state index in [2.05, 4.69) is 20.6 Å². The van der Waals surface area contributed by atoms with E-state index in [1.165, 1.54) is 0 Å². The molecule has 1 atom stereocenters. The number of pyridine rings is 1. The van der Waals surface area contributed by atoms with Crippen LogP contribution in [0.1, 0.15) is 22.7 Å². The van der Waals surface area contributed by atoms with Gasteiger partial charge in [-0.05, 0) is 28.8 Å². The number of nitrogens with one attached hydrogen (secondary N) is 2. The Balaban J connectivity index is 1.97. The van der Waals surface area contributed by atoms with Crippen molar-refractivity contribution in [3.8, 4) is 29.1 Å². The van der Waals surface area contributed by atoms with Gasteiger partial charge in [-0.3, -0.25) is 5.32 Å². The van der Waals surface area contributed by atoms with E-state index < -0.39 is 6.04 Å². The summed E-state index contributed by atoms with van der Waals surface area (Å²) in [4.78, 5) is 8.95. The predicted molar refractivity (Wildman–Crippen MR) is 118 cm³/mol. The first-order chi connectivity index (χ1) is 15.1. The van der Waals surface area contributed by atoms with E-state index in [4.69, 9.17) is 21.5 Å². The van der Waals surface area contributed by atoms with Crippen LogP contribution >= 0.6 is 0 Å². The molecule has 6 N–H and O–H groups in total. The highest BCUT2D eigenvalue weighted by atomic mass is 16.5. The van der Waals surface area contributed by atoms with Gasteiger partial charge in [0, 0.05) is 5.56 Å². The molecular formula is C22H18N8O. The lowest BCUT2D eigenvalue weighted by molar-refractivity contribution is 0.415. The molecule has 0 fully saturated rings. The van der Waals surface area contributed by atoms with Gasteiger partial charge in [0.2, 0.25) is 5.96 Å². The number of rotatable bonds is 3. The van der Waals surface area contributed by atoms with Crippen molar-refractivity contribution in [1.29, 1.82) is 10.5 Å². The van der Waals surface area contributed by atoms with E-state index in [1.54, 1.807) is 7.11 Å². The summed E-state index contributed by atoms with van der Waals surface area (Å²) in [5.74, 6) is 1.27. The Labute approximate surface area is 178 Å². The van der Waals surface area contributed by atoms with Crippen molar-refractivity contribution >= 4 is 23.3 Å². The largest absolute Gasteiger partial charge is 0.497 e. The van der Waals surface area contributed by atoms with E-state index >= 15 is 0 Å². The second-order valence-corrected chi connectivity index (χ2v) is 6.72. The number of fused-ring (bicyclic) bond motifs is 1. The Morgan fingerprint density at radius 3 is 2.68 bits per heavy atom. The average molecular weight is 410 g/mol. The molecule has 0 saturated heterocycles. The Kier molecular flexibility index (Phi) is 5.00. The number of nitrogens with two attached hydrogens (primary N) is 2. The van der Waals surface area contributed by atoms with E-state index in [9.17, 15) is 5.26 Å². The fourth-order valence-electron chi connectivity index (χ4n) is 3.59. The maximum Gasteiger partial charge on any atom is 0.211 e. The van der Waals surface area contributed by atoms with Gasteiger partial charge in [-0.1, -0.05) is 36.4 Å². The third-order valence-electron chi connectivity index (χ3n) is 4.99. The summed E-state index contributed by atoms with van der Waals surface area (Å²) in [5, 5.41) is 24.0. The summed E-state index contributed by atoms with van der Waals surface area (Å²) in [6.07, 6.45) is 1.85. The van der Waals surface area contributed by atoms with Crippen molar-refractivity contribution in [2.24, 2.45) is 4.99 Å². The Bertz CT molecular complexity index is 1290. The van der Waals surface area contributed by atoms with Crippen LogP contribution in [0.2, 0.25) is 0 Å². The average Bonchev–Trinajstić information content (AvgIpc) is 2.79. The second-order valence-electron chi connectivity index (χ2n) is 6.72. The number of guanidine groups is 1. The topological polar surface area (TPSA) is 158 Å². The van der Waals surface area contributed by atoms with Crippen molar-refractivity contribution in [1.82, 2.24) is 10.3 Å². The van der Waals surface area contributed by atoms with Gasteiger partial charge in [-0.25, -0.2) is 9.98 Å². The van der Waals surface area contributed by atoms with Gasteiger partial charge in [0.25, 0.3) is 0 Å². The van der Waals surface area contributed by atoms with E-state index in [0.29, 0.717) is 17.1 Å². The smallest absolute Gasteiger partial charge is 0.211 e. The fraction of sp³-hybridized carbons (Fsp3) is 0.0909. The number of benzene rings is 2. The molecule has 2 heterocycles. The minimum atomic E-state index is -0.630. The number of hydrogen-bond acceptors (Lipinski definition) is 9. The SMILES string of the molecule is COc1cccc(-c2ccccc2C2N=C(NC#N)Nc3nc(N)c(C#N)c(N)c32)c1. The van der Waals surface area contributed by atoms with Gasteiger partial charge in [0.1, 0.15) is 35.1 Å². The number of ether oxygens (including phenoxy) is 1. The summed E-state index contributed by atoms with van der Waals surface area (Å²) in [5.41, 5.74) is 15.7. The minimum Gasteiger partial charge on any atom is -0.497 e. The lowest BCUT2D eigenvalue weighted by Crippen LogP contribution is -2.32. The molecule has 3 aromatic rings. The highest BCUT2D eigenvalue weighted by molar-refractivity contribution is 5.98. The zero-order chi connectivity index (χ0) is 22.0. The third kappa shape index (κ3) is 3.41. The van der Waals surface area contributed by atoms with Gasteiger partial charge in [-0.2, -0.15) is 10.5 Å². The van der Waals surface area contributed by atoms with E-state index in [-0.39, 0.29) is 23.0 Å². The molecule has 0 radical (unpaired) electrons. The van der Waals surface area contributed by atoms with Crippen LogP contribution in [0.4, 0.5) is 17.3 Å². The van der Waals surface area contributed by atoms with E-state index in [1.807, 2.05) is 60.8 Å². The first kappa shape index (κ1) is 19.6. The highest BCUT2D eigenvalue weighted by Crippen LogP contribution is 2.43. The lowest BCUT2D eigenvalue weighted by Gasteiger charge is -2.27. The lowest BCUT2D eigenvalue weighted by atomic mass is 9.89. The van der Waals surface area contributed by atoms with Crippen molar-refractivity contribution in [3.63, 3.8) is 0 Å². The zero-order valence-electron chi connectivity index (χ0n) is 16.5. The molecule has 31 heavy (non-hydrogen) atoms. The zero-order valence-corrected chi connectivity index (χ0v) is 16.5. The molecule has 1 aliphatic heterocycles. The van der Waals surface area contributed by atoms with E-state index in [0.717, 1.165) is 16.7 Å². The molecule has 0 saturated carbocycles. The molecule has 0 aliphatic carbocycles. The predicted octanol–water partition coefficient (Wildman–Crippen LogP) is 2.73. The standard InChI is InChI=1S/C22H18N8O/c1-31-13-6-4-5-12(9-13)14-7-2-3-8-15(14)19-17-18(25)16(10-23)20(26)29-21(17)30-22(28-19)27-11-24/h2-9,19H,1H3,(H6,25,26,27,28,29,30). The summed E-state index contributed by atoms with van der Waals surface area (Å²) < 4.78 is 5.37. The maximum atomic E-state index is 9.51. The van der Waals surface area contributed by atoms with Gasteiger partial charge in [0.15, 0.2) is 6.19 Å². The highest BCUT2D eigenvalue weighted by Gasteiger charge is 2.31. The maximum absolute atomic E-state index is 9.51. The number of aliphatic imine (C=N–C) groups is 1. The summed E-state index contributed by atoms with van der Waals surface area (Å²) in [6.45, 7) is 0. The molecule has 9 nitrogen and oxygen atoms in total. The van der Waals surface area contributed by atoms with Crippen LogP contribution < -0.4 is 26.8 Å². The summed E-state index contributed by atoms with van der Waals surface area (Å²) >= 11 is 0. The number of aromatic nitrogens is 1. The first-order valence-corrected chi connectivity index (χ1v) is 9.29. The molecule has 152 valence electrons. The van der Waals surface area contributed by atoms with Crippen molar-refractivity contribution in [2.45, 2.75) is 6.04 Å². The molecular weight excluding hydrogens is 392 g/mol. The molecule has 1 unspecified atom stereocenters.